The van der Waals surface area contributed by atoms with Crippen molar-refractivity contribution in [2.45, 2.75) is 31.7 Å². The van der Waals surface area contributed by atoms with E-state index < -0.39 is 35.9 Å². The number of imide groups is 1. The van der Waals surface area contributed by atoms with Gasteiger partial charge < -0.3 is 4.90 Å². The number of fused-ring (bicyclic) bond motifs is 1. The molecule has 1 atom stereocenters. The number of piperidine rings is 1. The Morgan fingerprint density at radius 1 is 1.03 bits per heavy atom. The highest BCUT2D eigenvalue weighted by Gasteiger charge is 2.40. The molecule has 5 rings (SSSR count). The first-order valence-electron chi connectivity index (χ1n) is 10.3. The number of aromatic nitrogens is 2. The summed E-state index contributed by atoms with van der Waals surface area (Å²) in [6, 6.07) is 9.04. The number of rotatable bonds is 3. The summed E-state index contributed by atoms with van der Waals surface area (Å²) in [6.45, 7) is -0.0472. The molecule has 3 aromatic rings. The van der Waals surface area contributed by atoms with Crippen LogP contribution >= 0.6 is 12.4 Å². The number of carbonyl (C=O) groups excluding carboxylic acids is 3. The summed E-state index contributed by atoms with van der Waals surface area (Å²) < 4.78 is 56.2. The van der Waals surface area contributed by atoms with Gasteiger partial charge in [0.05, 0.1) is 11.4 Å². The van der Waals surface area contributed by atoms with Crippen molar-refractivity contribution in [3.63, 3.8) is 0 Å². The molecule has 2 aliphatic heterocycles. The van der Waals surface area contributed by atoms with E-state index in [1.54, 1.807) is 18.2 Å². The molecule has 182 valence electrons. The van der Waals surface area contributed by atoms with Gasteiger partial charge >= 0.3 is 6.30 Å². The summed E-state index contributed by atoms with van der Waals surface area (Å²) in [5.41, 5.74) is -0.199. The summed E-state index contributed by atoms with van der Waals surface area (Å²) in [6.07, 6.45) is -4.01. The van der Waals surface area contributed by atoms with Crippen molar-refractivity contribution in [3.05, 3.63) is 65.7 Å². The first kappa shape index (κ1) is 24.4. The monoisotopic (exact) mass is 508 g/mol. The highest BCUT2D eigenvalue weighted by molar-refractivity contribution is 6.05. The number of nitrogens with one attached hydrogen (secondary N) is 1. The van der Waals surface area contributed by atoms with E-state index in [-0.39, 0.29) is 64.4 Å². The normalized spacial score (nSPS) is 17.8. The number of amides is 3. The first-order valence-corrected chi connectivity index (χ1v) is 10.3. The topological polar surface area (TPSA) is 84.3 Å². The first-order chi connectivity index (χ1) is 16.1. The molecule has 1 N–H and O–H groups in total. The number of hydrogen-bond donors (Lipinski definition) is 1. The quantitative estimate of drug-likeness (QED) is 0.428. The highest BCUT2D eigenvalue weighted by atomic mass is 35.5. The fourth-order valence-electron chi connectivity index (χ4n) is 4.38. The molecule has 1 fully saturated rings. The predicted octanol–water partition coefficient (Wildman–Crippen LogP) is 4.02. The van der Waals surface area contributed by atoms with E-state index in [1.807, 2.05) is 0 Å². The Hall–Kier alpha value is -3.73. The van der Waals surface area contributed by atoms with E-state index >= 15 is 4.39 Å². The van der Waals surface area contributed by atoms with Gasteiger partial charge in [-0.15, -0.1) is 25.6 Å². The molecule has 12 heteroatoms. The van der Waals surface area contributed by atoms with E-state index in [9.17, 15) is 27.6 Å². The lowest BCUT2D eigenvalue weighted by Gasteiger charge is -2.29. The van der Waals surface area contributed by atoms with E-state index in [0.717, 1.165) is 6.07 Å². The maximum atomic E-state index is 15.2. The molecule has 1 aromatic heterocycles. The van der Waals surface area contributed by atoms with Crippen molar-refractivity contribution in [1.29, 1.82) is 0 Å². The smallest absolute Gasteiger partial charge is 0.322 e. The molecule has 0 aliphatic carbocycles. The summed E-state index contributed by atoms with van der Waals surface area (Å²) >= 11 is 0. The third-order valence-electron chi connectivity index (χ3n) is 5.95. The number of benzene rings is 2. The Morgan fingerprint density at radius 2 is 1.74 bits per heavy atom. The lowest BCUT2D eigenvalue weighted by atomic mass is 10.00. The number of nitrogens with zero attached hydrogens (tertiary/aromatic N) is 3. The van der Waals surface area contributed by atoms with Crippen LogP contribution in [0.2, 0.25) is 0 Å². The van der Waals surface area contributed by atoms with Crippen molar-refractivity contribution in [2.75, 3.05) is 0 Å². The molecule has 2 aliphatic rings. The number of carbonyl (C=O) groups is 3. The zero-order valence-corrected chi connectivity index (χ0v) is 18.6. The Morgan fingerprint density at radius 3 is 2.40 bits per heavy atom. The second kappa shape index (κ2) is 8.81. The van der Waals surface area contributed by atoms with Crippen LogP contribution in [0.1, 0.15) is 28.8 Å². The molecule has 0 spiro atoms. The minimum atomic E-state index is -4.79. The van der Waals surface area contributed by atoms with E-state index in [0.29, 0.717) is 11.9 Å². The molecule has 0 saturated carbocycles. The van der Waals surface area contributed by atoms with E-state index in [4.69, 9.17) is 0 Å². The zero-order chi connectivity index (χ0) is 24.2. The SMILES string of the molecule is Cl.O=C1CCC(N2Cc3cc(-c4ncn(C(F)(F)F)c4-c4ccccc4)c(F)cc3C2=O)C(=O)N1. The van der Waals surface area contributed by atoms with Crippen LogP contribution in [0.25, 0.3) is 22.5 Å². The lowest BCUT2D eigenvalue weighted by Crippen LogP contribution is -2.52. The second-order valence-corrected chi connectivity index (χ2v) is 8.03. The van der Waals surface area contributed by atoms with Crippen molar-refractivity contribution in [3.8, 4) is 22.5 Å². The van der Waals surface area contributed by atoms with Gasteiger partial charge in [-0.3, -0.25) is 19.7 Å². The van der Waals surface area contributed by atoms with Crippen LogP contribution in [-0.2, 0) is 22.4 Å². The van der Waals surface area contributed by atoms with Crippen LogP contribution in [0.5, 0.6) is 0 Å². The van der Waals surface area contributed by atoms with Gasteiger partial charge in [-0.2, -0.15) is 0 Å². The van der Waals surface area contributed by atoms with Crippen molar-refractivity contribution >= 4 is 30.1 Å². The van der Waals surface area contributed by atoms with Crippen molar-refractivity contribution in [2.24, 2.45) is 0 Å². The Bertz CT molecular complexity index is 1340. The van der Waals surface area contributed by atoms with Crippen LogP contribution in [0.4, 0.5) is 17.6 Å². The minimum Gasteiger partial charge on any atom is -0.322 e. The summed E-state index contributed by atoms with van der Waals surface area (Å²) in [5.74, 6) is -2.55. The van der Waals surface area contributed by atoms with Crippen LogP contribution in [0.3, 0.4) is 0 Å². The Balaban J connectivity index is 0.00000289. The van der Waals surface area contributed by atoms with Gasteiger partial charge in [0.25, 0.3) is 5.91 Å². The second-order valence-electron chi connectivity index (χ2n) is 8.03. The highest BCUT2D eigenvalue weighted by Crippen LogP contribution is 2.39. The van der Waals surface area contributed by atoms with Gasteiger partial charge in [0.2, 0.25) is 11.8 Å². The number of alkyl halides is 3. The van der Waals surface area contributed by atoms with Crippen molar-refractivity contribution < 1.29 is 31.9 Å². The van der Waals surface area contributed by atoms with Crippen molar-refractivity contribution in [1.82, 2.24) is 19.8 Å². The van der Waals surface area contributed by atoms with Gasteiger partial charge in [-0.05, 0) is 24.1 Å². The van der Waals surface area contributed by atoms with Crippen LogP contribution < -0.4 is 5.32 Å². The van der Waals surface area contributed by atoms with Gasteiger partial charge in [0, 0.05) is 29.7 Å². The van der Waals surface area contributed by atoms with Crippen LogP contribution in [0, 0.1) is 5.82 Å². The van der Waals surface area contributed by atoms with Crippen LogP contribution in [0.15, 0.2) is 48.8 Å². The summed E-state index contributed by atoms with van der Waals surface area (Å²) in [7, 11) is 0. The zero-order valence-electron chi connectivity index (χ0n) is 17.8. The third kappa shape index (κ3) is 4.16. The molecule has 1 unspecified atom stereocenters. The fourth-order valence-corrected chi connectivity index (χ4v) is 4.38. The molecular formula is C23H17ClF4N4O3. The van der Waals surface area contributed by atoms with Crippen LogP contribution in [-0.4, -0.2) is 38.2 Å². The molecule has 3 heterocycles. The molecule has 35 heavy (non-hydrogen) atoms. The average molecular weight is 509 g/mol. The lowest BCUT2D eigenvalue weighted by molar-refractivity contribution is -0.202. The summed E-state index contributed by atoms with van der Waals surface area (Å²) in [4.78, 5) is 41.6. The van der Waals surface area contributed by atoms with Gasteiger partial charge in [-0.1, -0.05) is 30.3 Å². The Labute approximate surface area is 202 Å². The fraction of sp³-hybridized carbons (Fsp3) is 0.217. The van der Waals surface area contributed by atoms with Gasteiger partial charge in [0.1, 0.15) is 18.2 Å². The average Bonchev–Trinajstić information content (AvgIpc) is 3.36. The number of hydrogen-bond acceptors (Lipinski definition) is 4. The number of halogens is 5. The van der Waals surface area contributed by atoms with E-state index in [1.165, 1.54) is 23.1 Å². The molecular weight excluding hydrogens is 492 g/mol. The molecule has 7 nitrogen and oxygen atoms in total. The molecule has 3 amide bonds. The molecule has 1 saturated heterocycles. The maximum absolute atomic E-state index is 15.2. The molecule has 0 bridgehead atoms. The number of imidazole rings is 1. The summed E-state index contributed by atoms with van der Waals surface area (Å²) in [5, 5.41) is 2.18. The van der Waals surface area contributed by atoms with E-state index in [2.05, 4.69) is 10.3 Å². The Kier molecular flexibility index (Phi) is 6.14. The maximum Gasteiger partial charge on any atom is 0.490 e. The standard InChI is InChI=1S/C23H16F4N4O3.ClH/c24-16-9-14-13(10-30(22(14)34)17-6-7-18(32)29-21(17)33)8-15(16)19-20(12-4-2-1-3-5-12)31(11-28-19)23(25,26)27;/h1-5,8-9,11,17H,6-7,10H2,(H,29,32,33);1H. The third-order valence-corrected chi connectivity index (χ3v) is 5.95. The predicted molar refractivity (Wildman–Crippen MR) is 118 cm³/mol. The minimum absolute atomic E-state index is 0. The molecule has 0 radical (unpaired) electrons. The molecule has 2 aromatic carbocycles. The van der Waals surface area contributed by atoms with Gasteiger partial charge in [0.15, 0.2) is 0 Å². The largest absolute Gasteiger partial charge is 0.490 e. The van der Waals surface area contributed by atoms with Gasteiger partial charge in [-0.25, -0.2) is 13.9 Å².